The van der Waals surface area contributed by atoms with Gasteiger partial charge in [-0.15, -0.1) is 0 Å². The van der Waals surface area contributed by atoms with Gasteiger partial charge in [-0.25, -0.2) is 0 Å². The van der Waals surface area contributed by atoms with Crippen molar-refractivity contribution in [1.82, 2.24) is 0 Å². The average Bonchev–Trinajstić information content (AvgIpc) is 2.65. The fourth-order valence-electron chi connectivity index (χ4n) is 1.18. The number of rotatable bonds is 3. The number of halogens is 3. The van der Waals surface area contributed by atoms with Crippen LogP contribution < -0.4 is 4.74 Å². The van der Waals surface area contributed by atoms with E-state index >= 15 is 0 Å². The summed E-state index contributed by atoms with van der Waals surface area (Å²) in [5.74, 6) is 0.911. The Morgan fingerprint density at radius 2 is 1.71 bits per heavy atom. The zero-order valence-corrected chi connectivity index (χ0v) is 12.1. The number of hydrogen-bond acceptors (Lipinski definition) is 1. The molecule has 2 rings (SSSR count). The lowest BCUT2D eigenvalue weighted by atomic mass is 10.3. The minimum atomic E-state index is 0.00177. The molecule has 1 aromatic rings. The highest BCUT2D eigenvalue weighted by molar-refractivity contribution is 9.26. The average molecular weight is 385 g/mol. The molecule has 0 heterocycles. The van der Waals surface area contributed by atoms with Crippen LogP contribution in [0.3, 0.4) is 0 Å². The third-order valence-corrected chi connectivity index (χ3v) is 6.57. The summed E-state index contributed by atoms with van der Waals surface area (Å²) in [4.78, 5) is 0. The molecule has 76 valence electrons. The maximum Gasteiger partial charge on any atom is 0.119 e. The second kappa shape index (κ2) is 3.80. The first-order chi connectivity index (χ1) is 6.54. The van der Waals surface area contributed by atoms with Gasteiger partial charge >= 0.3 is 0 Å². The van der Waals surface area contributed by atoms with Crippen molar-refractivity contribution in [2.45, 2.75) is 14.0 Å². The van der Waals surface area contributed by atoms with Gasteiger partial charge in [-0.1, -0.05) is 66.0 Å². The molecule has 0 aromatic heterocycles. The highest BCUT2D eigenvalue weighted by atomic mass is 79.9. The first-order valence-electron chi connectivity index (χ1n) is 4.28. The molecule has 1 fully saturated rings. The first kappa shape index (κ1) is 11.0. The molecule has 1 aliphatic rings. The molecule has 1 aromatic carbocycles. The lowest BCUT2D eigenvalue weighted by molar-refractivity contribution is 0.313. The van der Waals surface area contributed by atoms with Gasteiger partial charge in [0.15, 0.2) is 0 Å². The molecule has 1 aliphatic carbocycles. The van der Waals surface area contributed by atoms with Crippen LogP contribution in [0.5, 0.6) is 5.75 Å². The van der Waals surface area contributed by atoms with Crippen LogP contribution in [-0.2, 0) is 0 Å². The normalized spacial score (nSPS) is 28.5. The van der Waals surface area contributed by atoms with Crippen LogP contribution >= 0.6 is 47.8 Å². The highest BCUT2D eigenvalue weighted by Crippen LogP contribution is 2.64. The number of benzene rings is 1. The van der Waals surface area contributed by atoms with Crippen molar-refractivity contribution < 1.29 is 4.74 Å². The summed E-state index contributed by atoms with van der Waals surface area (Å²) in [6.07, 6.45) is 1.02. The van der Waals surface area contributed by atoms with Crippen LogP contribution in [-0.4, -0.2) is 14.2 Å². The van der Waals surface area contributed by atoms with E-state index in [0.717, 1.165) is 12.2 Å². The Morgan fingerprint density at radius 3 is 2.21 bits per heavy atom. The fourth-order valence-corrected chi connectivity index (χ4v) is 3.65. The predicted octanol–water partition coefficient (Wildman–Crippen LogP) is 4.09. The molecule has 0 saturated heterocycles. The molecule has 14 heavy (non-hydrogen) atoms. The van der Waals surface area contributed by atoms with E-state index in [-0.39, 0.29) is 7.56 Å². The van der Waals surface area contributed by atoms with Gasteiger partial charge in [-0.3, -0.25) is 0 Å². The monoisotopic (exact) mass is 382 g/mol. The predicted molar refractivity (Wildman–Crippen MR) is 68.8 cm³/mol. The minimum absolute atomic E-state index is 0.00177. The summed E-state index contributed by atoms with van der Waals surface area (Å²) < 4.78 is 5.69. The van der Waals surface area contributed by atoms with Gasteiger partial charge in [0.05, 0.1) is 4.32 Å². The van der Waals surface area contributed by atoms with Crippen LogP contribution in [0.4, 0.5) is 0 Å². The zero-order chi connectivity index (χ0) is 10.2. The van der Waals surface area contributed by atoms with Gasteiger partial charge in [-0.05, 0) is 18.6 Å². The van der Waals surface area contributed by atoms with E-state index in [1.807, 2.05) is 30.3 Å². The summed E-state index contributed by atoms with van der Waals surface area (Å²) in [6, 6.07) is 9.84. The van der Waals surface area contributed by atoms with Gasteiger partial charge in [0, 0.05) is 0 Å². The Kier molecular flexibility index (Phi) is 2.97. The summed E-state index contributed by atoms with van der Waals surface area (Å²) in [7, 11) is 0. The number of hydrogen-bond donors (Lipinski definition) is 0. The van der Waals surface area contributed by atoms with Crippen LogP contribution in [0.1, 0.15) is 6.42 Å². The number of para-hydroxylation sites is 1. The summed E-state index contributed by atoms with van der Waals surface area (Å²) in [5.41, 5.74) is 0. The lowest BCUT2D eigenvalue weighted by Gasteiger charge is -2.12. The quantitative estimate of drug-likeness (QED) is 0.713. The molecule has 0 N–H and O–H groups in total. The smallest absolute Gasteiger partial charge is 0.119 e. The third kappa shape index (κ3) is 2.17. The van der Waals surface area contributed by atoms with Gasteiger partial charge < -0.3 is 4.74 Å². The minimum Gasteiger partial charge on any atom is -0.492 e. The van der Waals surface area contributed by atoms with E-state index in [2.05, 4.69) is 47.8 Å². The number of ether oxygens (including phenoxy) is 1. The maximum atomic E-state index is 5.66. The highest BCUT2D eigenvalue weighted by Gasteiger charge is 2.64. The van der Waals surface area contributed by atoms with Crippen molar-refractivity contribution in [3.05, 3.63) is 30.3 Å². The second-order valence-corrected chi connectivity index (χ2v) is 8.74. The van der Waals surface area contributed by atoms with Crippen LogP contribution in [0.15, 0.2) is 30.3 Å². The SMILES string of the molecule is BrC1(Br)CC1(Br)COc1ccccc1. The van der Waals surface area contributed by atoms with Gasteiger partial charge in [0.2, 0.25) is 0 Å². The molecule has 0 amide bonds. The van der Waals surface area contributed by atoms with Gasteiger partial charge in [-0.2, -0.15) is 0 Å². The molecule has 1 nitrogen and oxygen atoms in total. The van der Waals surface area contributed by atoms with E-state index in [1.54, 1.807) is 0 Å². The van der Waals surface area contributed by atoms with Gasteiger partial charge in [0.1, 0.15) is 15.6 Å². The van der Waals surface area contributed by atoms with Crippen LogP contribution in [0, 0.1) is 0 Å². The van der Waals surface area contributed by atoms with Crippen molar-refractivity contribution in [3.63, 3.8) is 0 Å². The van der Waals surface area contributed by atoms with E-state index in [4.69, 9.17) is 4.74 Å². The lowest BCUT2D eigenvalue weighted by Crippen LogP contribution is -2.18. The Labute approximate surface area is 109 Å². The fraction of sp³-hybridized carbons (Fsp3) is 0.400. The second-order valence-electron chi connectivity index (χ2n) is 3.45. The van der Waals surface area contributed by atoms with Crippen molar-refractivity contribution >= 4 is 47.8 Å². The molecule has 0 bridgehead atoms. The molecule has 4 heteroatoms. The van der Waals surface area contributed by atoms with Crippen LogP contribution in [0.25, 0.3) is 0 Å². The van der Waals surface area contributed by atoms with Crippen molar-refractivity contribution in [3.8, 4) is 5.75 Å². The molecular weight excluding hydrogens is 376 g/mol. The van der Waals surface area contributed by atoms with Gasteiger partial charge in [0.25, 0.3) is 0 Å². The van der Waals surface area contributed by atoms with Crippen molar-refractivity contribution in [1.29, 1.82) is 0 Å². The standard InChI is InChI=1S/C10H9Br3O/c11-9(6-10(9,12)13)7-14-8-4-2-1-3-5-8/h1-5H,6-7H2. The Hall–Kier alpha value is 0.460. The summed E-state index contributed by atoms with van der Waals surface area (Å²) >= 11 is 10.8. The molecule has 0 radical (unpaired) electrons. The topological polar surface area (TPSA) is 9.23 Å². The van der Waals surface area contributed by atoms with E-state index in [0.29, 0.717) is 6.61 Å². The Balaban J connectivity index is 1.91. The molecule has 0 aliphatic heterocycles. The maximum absolute atomic E-state index is 5.66. The third-order valence-electron chi connectivity index (χ3n) is 2.24. The molecule has 1 atom stereocenters. The number of alkyl halides is 3. The van der Waals surface area contributed by atoms with E-state index in [9.17, 15) is 0 Å². The van der Waals surface area contributed by atoms with Crippen LogP contribution in [0.2, 0.25) is 0 Å². The van der Waals surface area contributed by atoms with Crippen molar-refractivity contribution in [2.75, 3.05) is 6.61 Å². The molecule has 0 spiro atoms. The summed E-state index contributed by atoms with van der Waals surface area (Å²) in [5, 5.41) is 0. The largest absolute Gasteiger partial charge is 0.492 e. The first-order valence-corrected chi connectivity index (χ1v) is 6.66. The van der Waals surface area contributed by atoms with E-state index < -0.39 is 0 Å². The van der Waals surface area contributed by atoms with E-state index in [1.165, 1.54) is 0 Å². The van der Waals surface area contributed by atoms with Crippen molar-refractivity contribution in [2.24, 2.45) is 0 Å². The Bertz CT molecular complexity index is 325. The zero-order valence-electron chi connectivity index (χ0n) is 7.34. The molecule has 1 saturated carbocycles. The molecule has 1 unspecified atom stereocenters. The molecular formula is C10H9Br3O. The Morgan fingerprint density at radius 1 is 1.14 bits per heavy atom. The summed E-state index contributed by atoms with van der Waals surface area (Å²) in [6.45, 7) is 0.660.